The molecule has 0 aromatic rings. The molecular weight excluding hydrogens is 348 g/mol. The largest absolute Gasteiger partial charge is 0.470 e. The zero-order valence-electron chi connectivity index (χ0n) is 18.2. The number of hydrogen-bond donors (Lipinski definition) is 0. The number of ether oxygens (including phenoxy) is 2. The average molecular weight is 385 g/mol. The Labute approximate surface area is 169 Å². The Kier molecular flexibility index (Phi) is 4.19. The summed E-state index contributed by atoms with van der Waals surface area (Å²) in [4.78, 5) is 12.2. The molecule has 0 aromatic heterocycles. The molecule has 8 atom stereocenters. The van der Waals surface area contributed by atoms with Gasteiger partial charge in [0, 0.05) is 20.0 Å². The lowest BCUT2D eigenvalue weighted by Crippen LogP contribution is -2.51. The number of methoxy groups -OCH3 is 1. The third-order valence-corrected chi connectivity index (χ3v) is 9.66. The van der Waals surface area contributed by atoms with Crippen LogP contribution in [0.4, 0.5) is 0 Å². The minimum absolute atomic E-state index is 0.0741. The topological polar surface area (TPSA) is 35.5 Å². The highest BCUT2D eigenvalue weighted by atomic mass is 16.7. The summed E-state index contributed by atoms with van der Waals surface area (Å²) < 4.78 is 11.7. The van der Waals surface area contributed by atoms with Gasteiger partial charge in [0.25, 0.3) is 0 Å². The van der Waals surface area contributed by atoms with Crippen molar-refractivity contribution in [3.8, 4) is 0 Å². The smallest absolute Gasteiger partial charge is 0.199 e. The van der Waals surface area contributed by atoms with Crippen LogP contribution >= 0.6 is 0 Å². The minimum atomic E-state index is -0.0741. The van der Waals surface area contributed by atoms with E-state index in [0.717, 1.165) is 42.8 Å². The van der Waals surface area contributed by atoms with Crippen molar-refractivity contribution in [1.82, 2.24) is 0 Å². The van der Waals surface area contributed by atoms with Gasteiger partial charge in [-0.05, 0) is 91.1 Å². The van der Waals surface area contributed by atoms with Crippen molar-refractivity contribution in [3.05, 3.63) is 23.0 Å². The van der Waals surface area contributed by atoms with Crippen LogP contribution in [0.25, 0.3) is 0 Å². The summed E-state index contributed by atoms with van der Waals surface area (Å²) in [7, 11) is 1.77. The molecule has 1 aliphatic heterocycles. The molecule has 0 N–H and O–H groups in total. The monoisotopic (exact) mass is 384 g/mol. The third kappa shape index (κ3) is 2.41. The molecule has 0 unspecified atom stereocenters. The maximum absolute atomic E-state index is 12.2. The number of allylic oxidation sites excluding steroid dienone is 3. The molecule has 0 aromatic carbocycles. The summed E-state index contributed by atoms with van der Waals surface area (Å²) in [6.07, 6.45) is 9.91. The molecule has 3 saturated carbocycles. The van der Waals surface area contributed by atoms with Gasteiger partial charge in [-0.3, -0.25) is 4.79 Å². The fourth-order valence-corrected chi connectivity index (χ4v) is 8.55. The first-order chi connectivity index (χ1) is 13.3. The van der Waals surface area contributed by atoms with Gasteiger partial charge in [-0.25, -0.2) is 0 Å². The Morgan fingerprint density at radius 2 is 1.89 bits per heavy atom. The molecule has 0 bridgehead atoms. The summed E-state index contributed by atoms with van der Waals surface area (Å²) >= 11 is 0. The van der Waals surface area contributed by atoms with E-state index in [9.17, 15) is 4.79 Å². The molecule has 3 fully saturated rings. The van der Waals surface area contributed by atoms with Crippen LogP contribution in [-0.2, 0) is 14.3 Å². The highest BCUT2D eigenvalue weighted by Gasteiger charge is 2.61. The van der Waals surface area contributed by atoms with Gasteiger partial charge in [0.2, 0.25) is 0 Å². The zero-order chi connectivity index (χ0) is 19.8. The minimum Gasteiger partial charge on any atom is -0.470 e. The van der Waals surface area contributed by atoms with E-state index in [1.165, 1.54) is 31.3 Å². The van der Waals surface area contributed by atoms with Gasteiger partial charge >= 0.3 is 0 Å². The van der Waals surface area contributed by atoms with Gasteiger partial charge < -0.3 is 9.47 Å². The van der Waals surface area contributed by atoms with Crippen molar-refractivity contribution < 1.29 is 14.3 Å². The van der Waals surface area contributed by atoms with Gasteiger partial charge in [0.1, 0.15) is 0 Å². The van der Waals surface area contributed by atoms with Crippen LogP contribution in [-0.4, -0.2) is 19.2 Å². The molecular formula is C25H36O3. The maximum atomic E-state index is 12.2. The molecule has 154 valence electrons. The highest BCUT2D eigenvalue weighted by molar-refractivity contribution is 5.91. The lowest BCUT2D eigenvalue weighted by Gasteiger charge is -2.59. The molecule has 3 heteroatoms. The average Bonchev–Trinajstić information content (AvgIpc) is 2.96. The first kappa shape index (κ1) is 18.9. The normalized spacial score (nSPS) is 50.2. The number of ketones is 1. The Bertz CT molecular complexity index is 764. The van der Waals surface area contributed by atoms with E-state index >= 15 is 0 Å². The molecule has 0 saturated heterocycles. The highest BCUT2D eigenvalue weighted by Crippen LogP contribution is 2.69. The number of carbonyl (C=O) groups excluding carboxylic acids is 1. The van der Waals surface area contributed by atoms with E-state index in [-0.39, 0.29) is 17.1 Å². The van der Waals surface area contributed by atoms with Crippen LogP contribution < -0.4 is 0 Å². The molecule has 5 aliphatic rings. The molecule has 28 heavy (non-hydrogen) atoms. The van der Waals surface area contributed by atoms with E-state index in [1.807, 2.05) is 6.08 Å². The number of hydrogen-bond acceptors (Lipinski definition) is 3. The SMILES string of the molecule is CO[C@@H]1C[C@@H]2C[C@@H]3[C@@H]4C[C@H](C)C5=CC(=O)CC[C@]5(C)[C@@H]4CC[C@]3(C)C2=C(C)O1. The summed E-state index contributed by atoms with van der Waals surface area (Å²) in [6, 6.07) is 0. The molecule has 0 radical (unpaired) electrons. The first-order valence-corrected chi connectivity index (χ1v) is 11.4. The van der Waals surface area contributed by atoms with Crippen LogP contribution in [0.3, 0.4) is 0 Å². The van der Waals surface area contributed by atoms with Crippen molar-refractivity contribution in [2.24, 2.45) is 40.4 Å². The summed E-state index contributed by atoms with van der Waals surface area (Å²) in [5.74, 6) is 4.93. The lowest BCUT2D eigenvalue weighted by molar-refractivity contribution is -0.118. The number of fused-ring (bicyclic) bond motifs is 7. The second-order valence-electron chi connectivity index (χ2n) is 10.9. The van der Waals surface area contributed by atoms with Crippen LogP contribution in [0.15, 0.2) is 23.0 Å². The second kappa shape index (κ2) is 6.20. The van der Waals surface area contributed by atoms with E-state index < -0.39 is 0 Å². The standard InChI is InChI=1S/C25H36O3/c1-14-10-18-19(24(3)8-6-17(26)13-20(14)24)7-9-25(4)21(18)11-16-12-22(27-5)28-15(2)23(16)25/h13-14,16,18-19,21-22H,6-12H2,1-5H3/t14-,16-,18+,19+,21+,22-,24+,25-/m0/s1. The lowest BCUT2D eigenvalue weighted by atomic mass is 9.45. The molecule has 0 spiro atoms. The van der Waals surface area contributed by atoms with Crippen LogP contribution in [0, 0.1) is 40.4 Å². The number of rotatable bonds is 1. The number of carbonyl (C=O) groups is 1. The van der Waals surface area contributed by atoms with Gasteiger partial charge in [0.15, 0.2) is 12.1 Å². The Morgan fingerprint density at radius 1 is 1.11 bits per heavy atom. The molecule has 0 amide bonds. The Hall–Kier alpha value is -1.09. The fourth-order valence-electron chi connectivity index (χ4n) is 8.55. The summed E-state index contributed by atoms with van der Waals surface area (Å²) in [5, 5.41) is 0. The summed E-state index contributed by atoms with van der Waals surface area (Å²) in [6.45, 7) is 9.57. The molecule has 4 aliphatic carbocycles. The molecule has 5 rings (SSSR count). The predicted octanol–water partition coefficient (Wildman–Crippen LogP) is 5.66. The van der Waals surface area contributed by atoms with Crippen molar-refractivity contribution in [2.75, 3.05) is 7.11 Å². The molecule has 3 nitrogen and oxygen atoms in total. The van der Waals surface area contributed by atoms with Crippen LogP contribution in [0.2, 0.25) is 0 Å². The van der Waals surface area contributed by atoms with E-state index in [4.69, 9.17) is 9.47 Å². The Balaban J connectivity index is 1.52. The van der Waals surface area contributed by atoms with Crippen molar-refractivity contribution in [3.63, 3.8) is 0 Å². The maximum Gasteiger partial charge on any atom is 0.199 e. The third-order valence-electron chi connectivity index (χ3n) is 9.66. The van der Waals surface area contributed by atoms with Crippen LogP contribution in [0.5, 0.6) is 0 Å². The van der Waals surface area contributed by atoms with Gasteiger partial charge in [-0.1, -0.05) is 26.3 Å². The zero-order valence-corrected chi connectivity index (χ0v) is 18.2. The van der Waals surface area contributed by atoms with Gasteiger partial charge in [-0.2, -0.15) is 0 Å². The van der Waals surface area contributed by atoms with Gasteiger partial charge in [0.05, 0.1) is 5.76 Å². The van der Waals surface area contributed by atoms with E-state index in [0.29, 0.717) is 17.6 Å². The van der Waals surface area contributed by atoms with Crippen molar-refractivity contribution in [2.45, 2.75) is 78.9 Å². The van der Waals surface area contributed by atoms with Crippen LogP contribution in [0.1, 0.15) is 72.6 Å². The van der Waals surface area contributed by atoms with Crippen molar-refractivity contribution >= 4 is 5.78 Å². The van der Waals surface area contributed by atoms with E-state index in [1.54, 1.807) is 12.7 Å². The summed E-state index contributed by atoms with van der Waals surface area (Å²) in [5.41, 5.74) is 3.61. The quantitative estimate of drug-likeness (QED) is 0.585. The predicted molar refractivity (Wildman–Crippen MR) is 109 cm³/mol. The second-order valence-corrected chi connectivity index (χ2v) is 10.9. The molecule has 1 heterocycles. The van der Waals surface area contributed by atoms with E-state index in [2.05, 4.69) is 27.7 Å². The van der Waals surface area contributed by atoms with Crippen molar-refractivity contribution in [1.29, 1.82) is 0 Å². The fraction of sp³-hybridized carbons (Fsp3) is 0.800. The Morgan fingerprint density at radius 3 is 2.64 bits per heavy atom. The van der Waals surface area contributed by atoms with Gasteiger partial charge in [-0.15, -0.1) is 0 Å². The first-order valence-electron chi connectivity index (χ1n) is 11.4.